The first kappa shape index (κ1) is 12.3. The molecule has 2 heterocycles. The van der Waals surface area contributed by atoms with Crippen LogP contribution in [0, 0.1) is 0 Å². The first-order chi connectivity index (χ1) is 7.91. The summed E-state index contributed by atoms with van der Waals surface area (Å²) in [7, 11) is -1.22. The quantitative estimate of drug-likeness (QED) is 0.899. The van der Waals surface area contributed by atoms with Crippen LogP contribution in [0.3, 0.4) is 0 Å². The van der Waals surface area contributed by atoms with Gasteiger partial charge in [0.1, 0.15) is 10.4 Å². The molecule has 2 aromatic heterocycles. The van der Waals surface area contributed by atoms with E-state index in [1.165, 1.54) is 16.9 Å². The summed E-state index contributed by atoms with van der Waals surface area (Å²) >= 11 is 1.15. The Morgan fingerprint density at radius 1 is 1.53 bits per heavy atom. The number of hydrogen-bond donors (Lipinski definition) is 1. The minimum Gasteiger partial charge on any atom is -0.506 e. The van der Waals surface area contributed by atoms with Crippen molar-refractivity contribution in [3.8, 4) is 5.75 Å². The number of rotatable bonds is 2. The van der Waals surface area contributed by atoms with Gasteiger partial charge in [0, 0.05) is 18.4 Å². The van der Waals surface area contributed by atoms with Gasteiger partial charge in [0.2, 0.25) is 0 Å². The van der Waals surface area contributed by atoms with E-state index in [2.05, 4.69) is 4.98 Å². The lowest BCUT2D eigenvalue weighted by Crippen LogP contribution is -2.21. The van der Waals surface area contributed by atoms with E-state index >= 15 is 0 Å². The lowest BCUT2D eigenvalue weighted by molar-refractivity contribution is 0.477. The highest BCUT2D eigenvalue weighted by Crippen LogP contribution is 2.31. The lowest BCUT2D eigenvalue weighted by Gasteiger charge is -2.10. The minimum atomic E-state index is -1.22. The highest BCUT2D eigenvalue weighted by molar-refractivity contribution is 7.86. The van der Waals surface area contributed by atoms with Crippen LogP contribution < -0.4 is 5.56 Å². The third kappa shape index (κ3) is 2.00. The molecule has 7 heteroatoms. The number of aromatic hydroxyl groups is 1. The smallest absolute Gasteiger partial charge is 0.256 e. The monoisotopic (exact) mass is 272 g/mol. The van der Waals surface area contributed by atoms with E-state index in [0.717, 1.165) is 11.3 Å². The molecule has 0 aliphatic carbocycles. The predicted octanol–water partition coefficient (Wildman–Crippen LogP) is 1.48. The Morgan fingerprint density at radius 3 is 2.71 bits per heavy atom. The van der Waals surface area contributed by atoms with Crippen molar-refractivity contribution >= 4 is 32.5 Å². The van der Waals surface area contributed by atoms with Crippen LogP contribution in [0.1, 0.15) is 19.9 Å². The van der Waals surface area contributed by atoms with E-state index in [0.29, 0.717) is 14.7 Å². The van der Waals surface area contributed by atoms with Gasteiger partial charge in [-0.3, -0.25) is 13.6 Å². The SMILES string of the molecule is CC(C)n1c(=O)cc(O)c2sc(S(C)=O)nc21. The average Bonchev–Trinajstić information content (AvgIpc) is 2.61. The van der Waals surface area contributed by atoms with Gasteiger partial charge < -0.3 is 5.11 Å². The van der Waals surface area contributed by atoms with E-state index < -0.39 is 10.8 Å². The Bertz CT molecular complexity index is 657. The van der Waals surface area contributed by atoms with E-state index in [1.807, 2.05) is 13.8 Å². The van der Waals surface area contributed by atoms with Crippen molar-refractivity contribution in [2.45, 2.75) is 24.2 Å². The largest absolute Gasteiger partial charge is 0.506 e. The fourth-order valence-corrected chi connectivity index (χ4v) is 3.24. The summed E-state index contributed by atoms with van der Waals surface area (Å²) in [5, 5.41) is 9.71. The fourth-order valence-electron chi connectivity index (χ4n) is 1.60. The Kier molecular flexibility index (Phi) is 3.05. The second kappa shape index (κ2) is 4.23. The molecule has 0 bridgehead atoms. The van der Waals surface area contributed by atoms with Crippen molar-refractivity contribution in [2.75, 3.05) is 6.26 Å². The van der Waals surface area contributed by atoms with Crippen molar-refractivity contribution in [3.05, 3.63) is 16.4 Å². The highest BCUT2D eigenvalue weighted by atomic mass is 32.2. The predicted molar refractivity (Wildman–Crippen MR) is 68.3 cm³/mol. The van der Waals surface area contributed by atoms with E-state index in [4.69, 9.17) is 0 Å². The lowest BCUT2D eigenvalue weighted by atomic mass is 10.3. The van der Waals surface area contributed by atoms with Crippen molar-refractivity contribution in [3.63, 3.8) is 0 Å². The Balaban J connectivity index is 2.90. The molecule has 2 rings (SSSR count). The number of aromatic nitrogens is 2. The van der Waals surface area contributed by atoms with Gasteiger partial charge in [-0.15, -0.1) is 0 Å². The maximum absolute atomic E-state index is 11.8. The second-order valence-corrected chi connectivity index (χ2v) is 6.47. The zero-order chi connectivity index (χ0) is 12.7. The summed E-state index contributed by atoms with van der Waals surface area (Å²) in [6.07, 6.45) is 1.52. The Morgan fingerprint density at radius 2 is 2.18 bits per heavy atom. The summed E-state index contributed by atoms with van der Waals surface area (Å²) < 4.78 is 13.8. The highest BCUT2D eigenvalue weighted by Gasteiger charge is 2.17. The topological polar surface area (TPSA) is 72.2 Å². The van der Waals surface area contributed by atoms with Crippen LogP contribution in [0.2, 0.25) is 0 Å². The molecule has 92 valence electrons. The van der Waals surface area contributed by atoms with Crippen molar-refractivity contribution in [2.24, 2.45) is 0 Å². The van der Waals surface area contributed by atoms with Gasteiger partial charge in [-0.25, -0.2) is 4.98 Å². The molecule has 5 nitrogen and oxygen atoms in total. The number of fused-ring (bicyclic) bond motifs is 1. The molecule has 2 aromatic rings. The zero-order valence-corrected chi connectivity index (χ0v) is 11.3. The molecule has 0 aliphatic rings. The summed E-state index contributed by atoms with van der Waals surface area (Å²) in [5.41, 5.74) is 0.101. The summed E-state index contributed by atoms with van der Waals surface area (Å²) in [6.45, 7) is 3.72. The third-order valence-electron chi connectivity index (χ3n) is 2.31. The molecule has 0 saturated carbocycles. The molecule has 0 spiro atoms. The van der Waals surface area contributed by atoms with Crippen LogP contribution in [0.25, 0.3) is 10.3 Å². The van der Waals surface area contributed by atoms with Crippen molar-refractivity contribution < 1.29 is 9.32 Å². The molecule has 0 aromatic carbocycles. The van der Waals surface area contributed by atoms with Gasteiger partial charge in [0.05, 0.1) is 10.8 Å². The van der Waals surface area contributed by atoms with Crippen LogP contribution >= 0.6 is 11.3 Å². The summed E-state index contributed by atoms with van der Waals surface area (Å²) in [4.78, 5) is 15.9. The van der Waals surface area contributed by atoms with Gasteiger partial charge >= 0.3 is 0 Å². The summed E-state index contributed by atoms with van der Waals surface area (Å²) in [5.74, 6) is -0.101. The van der Waals surface area contributed by atoms with Crippen LogP contribution in [0.4, 0.5) is 0 Å². The number of pyridine rings is 1. The zero-order valence-electron chi connectivity index (χ0n) is 9.63. The molecule has 0 amide bonds. The number of nitrogens with zero attached hydrogens (tertiary/aromatic N) is 2. The molecule has 1 atom stereocenters. The second-order valence-electron chi connectivity index (χ2n) is 3.92. The first-order valence-electron chi connectivity index (χ1n) is 5.00. The van der Waals surface area contributed by atoms with E-state index in [9.17, 15) is 14.1 Å². The maximum Gasteiger partial charge on any atom is 0.256 e. The fraction of sp³-hybridized carbons (Fsp3) is 0.400. The van der Waals surface area contributed by atoms with Crippen molar-refractivity contribution in [1.29, 1.82) is 0 Å². The Labute approximate surface area is 104 Å². The molecule has 1 N–H and O–H groups in total. The number of thiazole rings is 1. The summed E-state index contributed by atoms with van der Waals surface area (Å²) in [6, 6.07) is 1.11. The molecular formula is C10H12N2O3S2. The van der Waals surface area contributed by atoms with Crippen LogP contribution in [0.5, 0.6) is 5.75 Å². The third-order valence-corrected chi connectivity index (χ3v) is 4.71. The molecule has 0 saturated heterocycles. The molecule has 17 heavy (non-hydrogen) atoms. The van der Waals surface area contributed by atoms with Crippen LogP contribution in [-0.4, -0.2) is 25.1 Å². The van der Waals surface area contributed by atoms with Gasteiger partial charge in [0.15, 0.2) is 9.99 Å². The molecule has 0 aliphatic heterocycles. The molecule has 0 fully saturated rings. The van der Waals surface area contributed by atoms with Gasteiger partial charge in [-0.1, -0.05) is 11.3 Å². The average molecular weight is 272 g/mol. The van der Waals surface area contributed by atoms with Gasteiger partial charge in [0.25, 0.3) is 5.56 Å². The first-order valence-corrected chi connectivity index (χ1v) is 7.37. The van der Waals surface area contributed by atoms with Gasteiger partial charge in [-0.05, 0) is 13.8 Å². The van der Waals surface area contributed by atoms with Crippen LogP contribution in [0.15, 0.2) is 15.2 Å². The molecule has 1 unspecified atom stereocenters. The number of hydrogen-bond acceptors (Lipinski definition) is 5. The van der Waals surface area contributed by atoms with E-state index in [1.54, 1.807) is 0 Å². The maximum atomic E-state index is 11.8. The Hall–Kier alpha value is -1.21. The van der Waals surface area contributed by atoms with Crippen LogP contribution in [-0.2, 0) is 10.8 Å². The van der Waals surface area contributed by atoms with Gasteiger partial charge in [-0.2, -0.15) is 0 Å². The van der Waals surface area contributed by atoms with Crippen molar-refractivity contribution in [1.82, 2.24) is 9.55 Å². The minimum absolute atomic E-state index is 0.0640. The van der Waals surface area contributed by atoms with E-state index in [-0.39, 0.29) is 17.4 Å². The molecular weight excluding hydrogens is 260 g/mol. The molecule has 0 radical (unpaired) electrons. The normalized spacial score (nSPS) is 13.4. The standard InChI is InChI=1S/C10H12N2O3S2/c1-5(2)12-7(14)4-6(13)8-9(12)11-10(16-8)17(3)15/h4-5,13H,1-3H3.